The van der Waals surface area contributed by atoms with Gasteiger partial charge in [0.2, 0.25) is 0 Å². The minimum absolute atomic E-state index is 0.200. The molecular weight excluding hydrogens is 231 g/mol. The molecule has 0 aliphatic rings. The van der Waals surface area contributed by atoms with Gasteiger partial charge in [-0.2, -0.15) is 13.2 Å². The molecular formula is C8H9ClF3N3. The molecule has 0 spiro atoms. The van der Waals surface area contributed by atoms with E-state index in [1.807, 2.05) is 0 Å². The Morgan fingerprint density at radius 2 is 2.20 bits per heavy atom. The van der Waals surface area contributed by atoms with Crippen LogP contribution in [0.5, 0.6) is 0 Å². The average molecular weight is 240 g/mol. The summed E-state index contributed by atoms with van der Waals surface area (Å²) in [4.78, 5) is 7.35. The Kier molecular flexibility index (Phi) is 3.73. The van der Waals surface area contributed by atoms with Gasteiger partial charge in [-0.3, -0.25) is 0 Å². The van der Waals surface area contributed by atoms with Crippen molar-refractivity contribution in [2.24, 2.45) is 0 Å². The van der Waals surface area contributed by atoms with Crippen molar-refractivity contribution < 1.29 is 13.2 Å². The predicted octanol–water partition coefficient (Wildman–Crippen LogP) is 2.88. The lowest BCUT2D eigenvalue weighted by Crippen LogP contribution is -2.24. The Labute approximate surface area is 89.7 Å². The fourth-order valence-electron chi connectivity index (χ4n) is 1.05. The zero-order chi connectivity index (χ0) is 11.5. The first-order valence-corrected chi connectivity index (χ1v) is 4.55. The Balaban J connectivity index is 2.59. The van der Waals surface area contributed by atoms with Gasteiger partial charge < -0.3 is 5.32 Å². The van der Waals surface area contributed by atoms with Crippen molar-refractivity contribution in [2.75, 3.05) is 5.32 Å². The molecule has 84 valence electrons. The third-order valence-corrected chi connectivity index (χ3v) is 1.86. The molecule has 1 aromatic rings. The number of rotatable bonds is 3. The highest BCUT2D eigenvalue weighted by Gasteiger charge is 2.30. The van der Waals surface area contributed by atoms with Gasteiger partial charge in [0, 0.05) is 6.04 Å². The minimum atomic E-state index is -4.20. The van der Waals surface area contributed by atoms with Gasteiger partial charge in [0.1, 0.15) is 17.2 Å². The lowest BCUT2D eigenvalue weighted by Gasteiger charge is -2.16. The number of hydrogen-bond acceptors (Lipinski definition) is 3. The SMILES string of the molecule is CC(CC(F)(F)F)Nc1ncncc1Cl. The highest BCUT2D eigenvalue weighted by Crippen LogP contribution is 2.24. The minimum Gasteiger partial charge on any atom is -0.366 e. The summed E-state index contributed by atoms with van der Waals surface area (Å²) in [7, 11) is 0. The first-order chi connectivity index (χ1) is 6.88. The van der Waals surface area contributed by atoms with Crippen molar-refractivity contribution in [3.8, 4) is 0 Å². The maximum atomic E-state index is 12.0. The summed E-state index contributed by atoms with van der Waals surface area (Å²) < 4.78 is 36.0. The Morgan fingerprint density at radius 1 is 1.53 bits per heavy atom. The first-order valence-electron chi connectivity index (χ1n) is 4.17. The van der Waals surface area contributed by atoms with E-state index in [0.29, 0.717) is 0 Å². The van der Waals surface area contributed by atoms with Crippen LogP contribution in [0.2, 0.25) is 5.02 Å². The molecule has 0 saturated heterocycles. The third kappa shape index (κ3) is 4.33. The van der Waals surface area contributed by atoms with Gasteiger partial charge in [-0.15, -0.1) is 0 Å². The Bertz CT molecular complexity index is 329. The highest BCUT2D eigenvalue weighted by molar-refractivity contribution is 6.32. The van der Waals surface area contributed by atoms with E-state index in [4.69, 9.17) is 11.6 Å². The standard InChI is InChI=1S/C8H9ClF3N3/c1-5(2-8(10,11)12)15-7-6(9)3-13-4-14-7/h3-5H,2H2,1H3,(H,13,14,15). The zero-order valence-electron chi connectivity index (χ0n) is 7.85. The van der Waals surface area contributed by atoms with Crippen molar-refractivity contribution in [3.63, 3.8) is 0 Å². The topological polar surface area (TPSA) is 37.8 Å². The molecule has 0 fully saturated rings. The molecule has 1 aromatic heterocycles. The first kappa shape index (κ1) is 12.0. The normalized spacial score (nSPS) is 13.7. The molecule has 0 radical (unpaired) electrons. The van der Waals surface area contributed by atoms with E-state index in [1.54, 1.807) is 0 Å². The molecule has 0 aromatic carbocycles. The summed E-state index contributed by atoms with van der Waals surface area (Å²) in [6.45, 7) is 1.41. The van der Waals surface area contributed by atoms with Gasteiger partial charge in [-0.25, -0.2) is 9.97 Å². The molecule has 0 bridgehead atoms. The third-order valence-electron chi connectivity index (χ3n) is 1.59. The Hall–Kier alpha value is -1.04. The summed E-state index contributed by atoms with van der Waals surface area (Å²) in [5.41, 5.74) is 0. The maximum Gasteiger partial charge on any atom is 0.391 e. The van der Waals surface area contributed by atoms with Crippen LogP contribution in [0.3, 0.4) is 0 Å². The number of alkyl halides is 3. The van der Waals surface area contributed by atoms with Crippen LogP contribution in [-0.2, 0) is 0 Å². The second-order valence-corrected chi connectivity index (χ2v) is 3.49. The second-order valence-electron chi connectivity index (χ2n) is 3.08. The summed E-state index contributed by atoms with van der Waals surface area (Å²) in [5, 5.41) is 2.76. The van der Waals surface area contributed by atoms with Crippen molar-refractivity contribution >= 4 is 17.4 Å². The maximum absolute atomic E-state index is 12.0. The summed E-state index contributed by atoms with van der Waals surface area (Å²) >= 11 is 5.67. The van der Waals surface area contributed by atoms with Crippen molar-refractivity contribution in [1.29, 1.82) is 0 Å². The molecule has 1 unspecified atom stereocenters. The molecule has 1 heterocycles. The number of nitrogens with one attached hydrogen (secondary N) is 1. The molecule has 0 aliphatic carbocycles. The fourth-order valence-corrected chi connectivity index (χ4v) is 1.21. The quantitative estimate of drug-likeness (QED) is 0.881. The van der Waals surface area contributed by atoms with Crippen molar-refractivity contribution in [3.05, 3.63) is 17.5 Å². The van der Waals surface area contributed by atoms with E-state index in [-0.39, 0.29) is 10.8 Å². The number of nitrogens with zero attached hydrogens (tertiary/aromatic N) is 2. The van der Waals surface area contributed by atoms with E-state index in [1.165, 1.54) is 19.4 Å². The van der Waals surface area contributed by atoms with Crippen LogP contribution >= 0.6 is 11.6 Å². The van der Waals surface area contributed by atoms with Gasteiger partial charge in [0.05, 0.1) is 12.6 Å². The van der Waals surface area contributed by atoms with Crippen LogP contribution in [0.4, 0.5) is 19.0 Å². The molecule has 0 aliphatic heterocycles. The summed E-state index contributed by atoms with van der Waals surface area (Å²) in [5.74, 6) is 0.211. The van der Waals surface area contributed by atoms with Crippen LogP contribution in [0.25, 0.3) is 0 Å². The van der Waals surface area contributed by atoms with E-state index in [0.717, 1.165) is 0 Å². The average Bonchev–Trinajstić information content (AvgIpc) is 2.05. The number of hydrogen-bond donors (Lipinski definition) is 1. The van der Waals surface area contributed by atoms with Gasteiger partial charge in [0.15, 0.2) is 0 Å². The number of anilines is 1. The van der Waals surface area contributed by atoms with Crippen LogP contribution < -0.4 is 5.32 Å². The van der Waals surface area contributed by atoms with Crippen LogP contribution in [-0.4, -0.2) is 22.2 Å². The molecule has 1 atom stereocenters. The van der Waals surface area contributed by atoms with Crippen LogP contribution in [0.15, 0.2) is 12.5 Å². The summed E-state index contributed by atoms with van der Waals surface area (Å²) in [6.07, 6.45) is -2.61. The molecule has 0 saturated carbocycles. The highest BCUT2D eigenvalue weighted by atomic mass is 35.5. The molecule has 1 N–H and O–H groups in total. The number of aromatic nitrogens is 2. The van der Waals surface area contributed by atoms with Gasteiger partial charge in [0.25, 0.3) is 0 Å². The van der Waals surface area contributed by atoms with Crippen molar-refractivity contribution in [1.82, 2.24) is 9.97 Å². The monoisotopic (exact) mass is 239 g/mol. The van der Waals surface area contributed by atoms with E-state index < -0.39 is 18.6 Å². The molecule has 1 rings (SSSR count). The summed E-state index contributed by atoms with van der Waals surface area (Å²) in [6, 6.07) is -0.780. The predicted molar refractivity (Wildman–Crippen MR) is 50.8 cm³/mol. The van der Waals surface area contributed by atoms with Gasteiger partial charge in [-0.1, -0.05) is 11.6 Å². The molecule has 3 nitrogen and oxygen atoms in total. The van der Waals surface area contributed by atoms with E-state index >= 15 is 0 Å². The molecule has 15 heavy (non-hydrogen) atoms. The molecule has 7 heteroatoms. The number of halogens is 4. The van der Waals surface area contributed by atoms with Gasteiger partial charge in [-0.05, 0) is 6.92 Å². The van der Waals surface area contributed by atoms with Crippen LogP contribution in [0.1, 0.15) is 13.3 Å². The Morgan fingerprint density at radius 3 is 2.73 bits per heavy atom. The molecule has 0 amide bonds. The van der Waals surface area contributed by atoms with Crippen molar-refractivity contribution in [2.45, 2.75) is 25.6 Å². The second kappa shape index (κ2) is 4.65. The zero-order valence-corrected chi connectivity index (χ0v) is 8.60. The van der Waals surface area contributed by atoms with E-state index in [9.17, 15) is 13.2 Å². The lowest BCUT2D eigenvalue weighted by molar-refractivity contribution is -0.136. The van der Waals surface area contributed by atoms with Crippen LogP contribution in [0, 0.1) is 0 Å². The smallest absolute Gasteiger partial charge is 0.366 e. The lowest BCUT2D eigenvalue weighted by atomic mass is 10.2. The van der Waals surface area contributed by atoms with E-state index in [2.05, 4.69) is 15.3 Å². The van der Waals surface area contributed by atoms with Gasteiger partial charge >= 0.3 is 6.18 Å². The largest absolute Gasteiger partial charge is 0.391 e. The fraction of sp³-hybridized carbons (Fsp3) is 0.500.